The van der Waals surface area contributed by atoms with Crippen molar-refractivity contribution in [3.8, 4) is 0 Å². The average molecular weight is 187 g/mol. The summed E-state index contributed by atoms with van der Waals surface area (Å²) in [7, 11) is 2.21. The highest BCUT2D eigenvalue weighted by molar-refractivity contribution is 5.18. The third-order valence-electron chi connectivity index (χ3n) is 2.86. The van der Waals surface area contributed by atoms with Gasteiger partial charge in [-0.15, -0.1) is 0 Å². The standard InChI is InChI=1S/C13H17N/c1-14-10-6-5-9-13(14)11-12-7-3-2-4-8-12/h2-5,7-9,13H,6,10-11H2,1H3. The van der Waals surface area contributed by atoms with Crippen molar-refractivity contribution in [1.29, 1.82) is 0 Å². The van der Waals surface area contributed by atoms with Crippen LogP contribution < -0.4 is 0 Å². The van der Waals surface area contributed by atoms with E-state index in [1.807, 2.05) is 0 Å². The van der Waals surface area contributed by atoms with Crippen LogP contribution in [0.25, 0.3) is 0 Å². The fourth-order valence-corrected chi connectivity index (χ4v) is 1.92. The van der Waals surface area contributed by atoms with Gasteiger partial charge in [0.15, 0.2) is 0 Å². The third-order valence-corrected chi connectivity index (χ3v) is 2.86. The van der Waals surface area contributed by atoms with Crippen LogP contribution in [0.3, 0.4) is 0 Å². The highest BCUT2D eigenvalue weighted by Crippen LogP contribution is 2.13. The fourth-order valence-electron chi connectivity index (χ4n) is 1.92. The first-order valence-corrected chi connectivity index (χ1v) is 5.27. The number of rotatable bonds is 2. The third kappa shape index (κ3) is 2.24. The molecular formula is C13H17N. The lowest BCUT2D eigenvalue weighted by Crippen LogP contribution is -2.34. The van der Waals surface area contributed by atoms with Crippen LogP contribution in [0.5, 0.6) is 0 Å². The van der Waals surface area contributed by atoms with E-state index < -0.39 is 0 Å². The maximum atomic E-state index is 2.42. The van der Waals surface area contributed by atoms with Gasteiger partial charge in [0.1, 0.15) is 0 Å². The Morgan fingerprint density at radius 2 is 2.07 bits per heavy atom. The molecule has 1 aromatic rings. The zero-order chi connectivity index (χ0) is 9.80. The predicted octanol–water partition coefficient (Wildman–Crippen LogP) is 2.49. The lowest BCUT2D eigenvalue weighted by molar-refractivity contribution is 0.273. The summed E-state index contributed by atoms with van der Waals surface area (Å²) < 4.78 is 0. The van der Waals surface area contributed by atoms with Crippen molar-refractivity contribution in [1.82, 2.24) is 4.90 Å². The zero-order valence-electron chi connectivity index (χ0n) is 8.69. The van der Waals surface area contributed by atoms with Crippen molar-refractivity contribution in [3.05, 3.63) is 48.0 Å². The van der Waals surface area contributed by atoms with Gasteiger partial charge in [-0.05, 0) is 25.5 Å². The molecule has 1 heterocycles. The van der Waals surface area contributed by atoms with Crippen LogP contribution in [-0.2, 0) is 6.42 Å². The summed E-state index contributed by atoms with van der Waals surface area (Å²) in [5, 5.41) is 0. The van der Waals surface area contributed by atoms with Gasteiger partial charge in [0, 0.05) is 12.6 Å². The summed E-state index contributed by atoms with van der Waals surface area (Å²) in [6.07, 6.45) is 6.96. The Morgan fingerprint density at radius 3 is 2.79 bits per heavy atom. The van der Waals surface area contributed by atoms with Gasteiger partial charge < -0.3 is 0 Å². The van der Waals surface area contributed by atoms with Crippen LogP contribution in [0, 0.1) is 0 Å². The van der Waals surface area contributed by atoms with E-state index in [0.29, 0.717) is 6.04 Å². The van der Waals surface area contributed by atoms with Gasteiger partial charge in [-0.3, -0.25) is 4.90 Å². The van der Waals surface area contributed by atoms with Gasteiger partial charge >= 0.3 is 0 Å². The first kappa shape index (κ1) is 9.47. The molecule has 0 saturated heterocycles. The van der Waals surface area contributed by atoms with Gasteiger partial charge in [-0.1, -0.05) is 42.5 Å². The van der Waals surface area contributed by atoms with Gasteiger partial charge in [-0.25, -0.2) is 0 Å². The van der Waals surface area contributed by atoms with E-state index in [2.05, 4.69) is 54.4 Å². The second kappa shape index (κ2) is 4.43. The summed E-state index contributed by atoms with van der Waals surface area (Å²) in [6.45, 7) is 1.19. The predicted molar refractivity (Wildman–Crippen MR) is 60.3 cm³/mol. The molecule has 0 radical (unpaired) electrons. The normalized spacial score (nSPS) is 22.5. The largest absolute Gasteiger partial charge is 0.299 e. The van der Waals surface area contributed by atoms with E-state index in [9.17, 15) is 0 Å². The minimum atomic E-state index is 0.589. The van der Waals surface area contributed by atoms with Gasteiger partial charge in [0.05, 0.1) is 0 Å². The van der Waals surface area contributed by atoms with Crippen molar-refractivity contribution in [2.24, 2.45) is 0 Å². The topological polar surface area (TPSA) is 3.24 Å². The molecular weight excluding hydrogens is 170 g/mol. The van der Waals surface area contributed by atoms with E-state index in [0.717, 1.165) is 6.42 Å². The maximum Gasteiger partial charge on any atom is 0.0315 e. The van der Waals surface area contributed by atoms with Gasteiger partial charge in [0.25, 0.3) is 0 Å². The van der Waals surface area contributed by atoms with E-state index in [-0.39, 0.29) is 0 Å². The minimum absolute atomic E-state index is 0.589. The molecule has 0 spiro atoms. The number of hydrogen-bond donors (Lipinski definition) is 0. The van der Waals surface area contributed by atoms with Crippen LogP contribution in [-0.4, -0.2) is 24.5 Å². The van der Waals surface area contributed by atoms with Gasteiger partial charge in [-0.2, -0.15) is 0 Å². The van der Waals surface area contributed by atoms with Crippen LogP contribution >= 0.6 is 0 Å². The molecule has 0 aromatic heterocycles. The second-order valence-electron chi connectivity index (χ2n) is 3.95. The molecule has 1 heteroatoms. The number of nitrogens with zero attached hydrogens (tertiary/aromatic N) is 1. The molecule has 1 aromatic carbocycles. The Labute approximate surface area is 86.1 Å². The van der Waals surface area contributed by atoms with Crippen LogP contribution in [0.15, 0.2) is 42.5 Å². The molecule has 74 valence electrons. The number of likely N-dealkylation sites (N-methyl/N-ethyl adjacent to an activating group) is 1. The summed E-state index contributed by atoms with van der Waals surface area (Å²) in [4.78, 5) is 2.42. The lowest BCUT2D eigenvalue weighted by Gasteiger charge is -2.28. The first-order chi connectivity index (χ1) is 6.86. The van der Waals surface area contributed by atoms with Crippen LogP contribution in [0.4, 0.5) is 0 Å². The molecule has 0 aliphatic carbocycles. The monoisotopic (exact) mass is 187 g/mol. The second-order valence-corrected chi connectivity index (χ2v) is 3.95. The molecule has 1 aliphatic rings. The Morgan fingerprint density at radius 1 is 1.29 bits per heavy atom. The Bertz CT molecular complexity index is 302. The van der Waals surface area contributed by atoms with E-state index >= 15 is 0 Å². The van der Waals surface area contributed by atoms with Crippen molar-refractivity contribution < 1.29 is 0 Å². The molecule has 1 aliphatic heterocycles. The van der Waals surface area contributed by atoms with E-state index in [4.69, 9.17) is 0 Å². The van der Waals surface area contributed by atoms with E-state index in [1.54, 1.807) is 0 Å². The van der Waals surface area contributed by atoms with Crippen LogP contribution in [0.2, 0.25) is 0 Å². The molecule has 2 rings (SSSR count). The number of hydrogen-bond acceptors (Lipinski definition) is 1. The van der Waals surface area contributed by atoms with E-state index in [1.165, 1.54) is 18.5 Å². The van der Waals surface area contributed by atoms with Crippen molar-refractivity contribution >= 4 is 0 Å². The molecule has 0 fully saturated rings. The molecule has 0 amide bonds. The van der Waals surface area contributed by atoms with Crippen molar-refractivity contribution in [2.45, 2.75) is 18.9 Å². The molecule has 1 atom stereocenters. The molecule has 0 saturated carbocycles. The molecule has 14 heavy (non-hydrogen) atoms. The highest BCUT2D eigenvalue weighted by Gasteiger charge is 2.14. The zero-order valence-corrected chi connectivity index (χ0v) is 8.69. The Balaban J connectivity index is 2.03. The van der Waals surface area contributed by atoms with Crippen molar-refractivity contribution in [3.63, 3.8) is 0 Å². The molecule has 1 unspecified atom stereocenters. The average Bonchev–Trinajstić information content (AvgIpc) is 2.23. The molecule has 0 bridgehead atoms. The summed E-state index contributed by atoms with van der Waals surface area (Å²) in [6, 6.07) is 11.3. The summed E-state index contributed by atoms with van der Waals surface area (Å²) in [5.41, 5.74) is 1.43. The quantitative estimate of drug-likeness (QED) is 0.643. The van der Waals surface area contributed by atoms with Crippen molar-refractivity contribution in [2.75, 3.05) is 13.6 Å². The SMILES string of the molecule is CN1CCC=CC1Cc1ccccc1. The molecule has 0 N–H and O–H groups in total. The minimum Gasteiger partial charge on any atom is -0.299 e. The fraction of sp³-hybridized carbons (Fsp3) is 0.385. The highest BCUT2D eigenvalue weighted by atomic mass is 15.1. The summed E-state index contributed by atoms with van der Waals surface area (Å²) in [5.74, 6) is 0. The first-order valence-electron chi connectivity index (χ1n) is 5.27. The Hall–Kier alpha value is -1.08. The van der Waals surface area contributed by atoms with Crippen LogP contribution in [0.1, 0.15) is 12.0 Å². The number of benzene rings is 1. The Kier molecular flexibility index (Phi) is 3.00. The lowest BCUT2D eigenvalue weighted by atomic mass is 10.0. The maximum absolute atomic E-state index is 2.42. The smallest absolute Gasteiger partial charge is 0.0315 e. The summed E-state index contributed by atoms with van der Waals surface area (Å²) >= 11 is 0. The molecule has 1 nitrogen and oxygen atoms in total. The van der Waals surface area contributed by atoms with Gasteiger partial charge in [0.2, 0.25) is 0 Å².